The minimum Gasteiger partial charge on any atom is -0.495 e. The van der Waals surface area contributed by atoms with Gasteiger partial charge in [-0.15, -0.1) is 0 Å². The molecule has 0 aliphatic carbocycles. The van der Waals surface area contributed by atoms with E-state index in [0.29, 0.717) is 12.0 Å². The summed E-state index contributed by atoms with van der Waals surface area (Å²) in [5.41, 5.74) is 3.06. The highest BCUT2D eigenvalue weighted by atomic mass is 16.5. The Morgan fingerprint density at radius 2 is 1.88 bits per heavy atom. The van der Waals surface area contributed by atoms with Crippen molar-refractivity contribution in [3.63, 3.8) is 0 Å². The average molecular weight is 320 g/mol. The Morgan fingerprint density at radius 3 is 2.67 bits per heavy atom. The van der Waals surface area contributed by atoms with Crippen LogP contribution in [0.4, 0.5) is 11.4 Å². The van der Waals surface area contributed by atoms with Crippen LogP contribution in [-0.2, 0) is 0 Å². The van der Waals surface area contributed by atoms with E-state index in [1.807, 2.05) is 55.5 Å². The van der Waals surface area contributed by atoms with Gasteiger partial charge in [0.15, 0.2) is 5.78 Å². The molecule has 4 heteroatoms. The van der Waals surface area contributed by atoms with Gasteiger partial charge in [0.2, 0.25) is 0 Å². The van der Waals surface area contributed by atoms with Gasteiger partial charge in [0.05, 0.1) is 29.6 Å². The van der Waals surface area contributed by atoms with Gasteiger partial charge < -0.3 is 10.1 Å². The zero-order chi connectivity index (χ0) is 16.9. The van der Waals surface area contributed by atoms with E-state index >= 15 is 0 Å². The number of carbonyl (C=O) groups excluding carboxylic acids is 1. The van der Waals surface area contributed by atoms with E-state index in [1.54, 1.807) is 13.3 Å². The molecule has 0 saturated carbocycles. The Morgan fingerprint density at radius 1 is 1.12 bits per heavy atom. The van der Waals surface area contributed by atoms with Gasteiger partial charge in [0.25, 0.3) is 0 Å². The van der Waals surface area contributed by atoms with Crippen LogP contribution in [0.2, 0.25) is 0 Å². The number of nitrogens with zero attached hydrogens (tertiary/aromatic N) is 1. The van der Waals surface area contributed by atoms with E-state index in [2.05, 4.69) is 10.3 Å². The number of para-hydroxylation sites is 3. The maximum absolute atomic E-state index is 12.5. The van der Waals surface area contributed by atoms with Crippen LogP contribution in [0, 0.1) is 0 Å². The highest BCUT2D eigenvalue weighted by molar-refractivity contribution is 6.09. The summed E-state index contributed by atoms with van der Waals surface area (Å²) >= 11 is 0. The van der Waals surface area contributed by atoms with Crippen molar-refractivity contribution in [1.29, 1.82) is 0 Å². The lowest BCUT2D eigenvalue weighted by atomic mass is 10.0. The fourth-order valence-electron chi connectivity index (χ4n) is 2.73. The van der Waals surface area contributed by atoms with Crippen LogP contribution >= 0.6 is 0 Å². The molecule has 0 aliphatic rings. The first-order chi connectivity index (χ1) is 11.7. The van der Waals surface area contributed by atoms with Crippen molar-refractivity contribution in [3.8, 4) is 5.75 Å². The van der Waals surface area contributed by atoms with Crippen molar-refractivity contribution < 1.29 is 9.53 Å². The number of hydrogen-bond donors (Lipinski definition) is 1. The SMILES string of the molecule is CCCC(=O)c1cnc2ccccc2c1Nc1ccccc1OC. The highest BCUT2D eigenvalue weighted by Crippen LogP contribution is 2.33. The maximum Gasteiger partial charge on any atom is 0.166 e. The van der Waals surface area contributed by atoms with Crippen LogP contribution in [0.1, 0.15) is 30.1 Å². The first-order valence-corrected chi connectivity index (χ1v) is 8.05. The molecular formula is C20H20N2O2. The Kier molecular flexibility index (Phi) is 4.75. The summed E-state index contributed by atoms with van der Waals surface area (Å²) in [7, 11) is 1.63. The van der Waals surface area contributed by atoms with Gasteiger partial charge in [-0.1, -0.05) is 37.3 Å². The molecule has 1 N–H and O–H groups in total. The number of methoxy groups -OCH3 is 1. The Hall–Kier alpha value is -2.88. The van der Waals surface area contributed by atoms with E-state index < -0.39 is 0 Å². The normalized spacial score (nSPS) is 10.6. The minimum atomic E-state index is 0.0909. The zero-order valence-electron chi connectivity index (χ0n) is 13.9. The monoisotopic (exact) mass is 320 g/mol. The van der Waals surface area contributed by atoms with Crippen LogP contribution in [0.15, 0.2) is 54.7 Å². The number of fused-ring (bicyclic) bond motifs is 1. The lowest BCUT2D eigenvalue weighted by Gasteiger charge is -2.16. The summed E-state index contributed by atoms with van der Waals surface area (Å²) in [5, 5.41) is 4.31. The summed E-state index contributed by atoms with van der Waals surface area (Å²) in [5.74, 6) is 0.820. The van der Waals surface area contributed by atoms with E-state index in [0.717, 1.165) is 34.4 Å². The number of hydrogen-bond acceptors (Lipinski definition) is 4. The molecule has 0 bridgehead atoms. The van der Waals surface area contributed by atoms with Crippen LogP contribution in [-0.4, -0.2) is 17.9 Å². The number of carbonyl (C=O) groups is 1. The van der Waals surface area contributed by atoms with Gasteiger partial charge in [-0.25, -0.2) is 0 Å². The first-order valence-electron chi connectivity index (χ1n) is 8.05. The molecule has 0 amide bonds. The van der Waals surface area contributed by atoms with E-state index in [1.165, 1.54) is 0 Å². The summed E-state index contributed by atoms with van der Waals surface area (Å²) in [6.45, 7) is 2.00. The molecule has 0 atom stereocenters. The molecule has 4 nitrogen and oxygen atoms in total. The summed E-state index contributed by atoms with van der Waals surface area (Å²) in [4.78, 5) is 17.0. The van der Waals surface area contributed by atoms with Crippen molar-refractivity contribution in [2.24, 2.45) is 0 Å². The molecule has 0 radical (unpaired) electrons. The zero-order valence-corrected chi connectivity index (χ0v) is 13.9. The predicted molar refractivity (Wildman–Crippen MR) is 97.3 cm³/mol. The number of anilines is 2. The molecule has 1 heterocycles. The summed E-state index contributed by atoms with van der Waals surface area (Å²) < 4.78 is 5.41. The van der Waals surface area contributed by atoms with Crippen LogP contribution < -0.4 is 10.1 Å². The van der Waals surface area contributed by atoms with E-state index in [-0.39, 0.29) is 5.78 Å². The largest absolute Gasteiger partial charge is 0.495 e. The second-order valence-electron chi connectivity index (χ2n) is 5.56. The lowest BCUT2D eigenvalue weighted by molar-refractivity contribution is 0.0982. The van der Waals surface area contributed by atoms with E-state index in [4.69, 9.17) is 4.74 Å². The molecule has 0 unspecified atom stereocenters. The first kappa shape index (κ1) is 16.0. The third kappa shape index (κ3) is 3.08. The molecule has 0 fully saturated rings. The maximum atomic E-state index is 12.5. The van der Waals surface area contributed by atoms with Crippen molar-refractivity contribution in [2.45, 2.75) is 19.8 Å². The fourth-order valence-corrected chi connectivity index (χ4v) is 2.73. The van der Waals surface area contributed by atoms with Crippen molar-refractivity contribution in [3.05, 3.63) is 60.3 Å². The second kappa shape index (κ2) is 7.13. The molecule has 0 saturated heterocycles. The summed E-state index contributed by atoms with van der Waals surface area (Å²) in [6, 6.07) is 15.5. The van der Waals surface area contributed by atoms with Crippen molar-refractivity contribution in [2.75, 3.05) is 12.4 Å². The third-order valence-electron chi connectivity index (χ3n) is 3.92. The molecule has 122 valence electrons. The quantitative estimate of drug-likeness (QED) is 0.651. The minimum absolute atomic E-state index is 0.0909. The molecular weight excluding hydrogens is 300 g/mol. The van der Waals surface area contributed by atoms with Gasteiger partial charge in [-0.05, 0) is 24.6 Å². The third-order valence-corrected chi connectivity index (χ3v) is 3.92. The average Bonchev–Trinajstić information content (AvgIpc) is 2.62. The number of rotatable bonds is 6. The fraction of sp³-hybridized carbons (Fsp3) is 0.200. The van der Waals surface area contributed by atoms with Gasteiger partial charge in [-0.2, -0.15) is 0 Å². The number of benzene rings is 2. The number of ether oxygens (including phenoxy) is 1. The molecule has 1 aromatic heterocycles. The Labute approximate surface area is 141 Å². The topological polar surface area (TPSA) is 51.2 Å². The van der Waals surface area contributed by atoms with Crippen molar-refractivity contribution >= 4 is 28.1 Å². The van der Waals surface area contributed by atoms with Crippen LogP contribution in [0.3, 0.4) is 0 Å². The highest BCUT2D eigenvalue weighted by Gasteiger charge is 2.16. The Bertz CT molecular complexity index is 874. The number of Topliss-reactive ketones (excluding diaryl/α,β-unsaturated/α-hetero) is 1. The van der Waals surface area contributed by atoms with Gasteiger partial charge >= 0.3 is 0 Å². The Balaban J connectivity index is 2.16. The summed E-state index contributed by atoms with van der Waals surface area (Å²) in [6.07, 6.45) is 2.97. The standard InChI is InChI=1S/C20H20N2O2/c1-3-8-18(23)15-13-21-16-10-5-4-9-14(16)20(15)22-17-11-6-7-12-19(17)24-2/h4-7,9-13H,3,8H2,1-2H3,(H,21,22). The van der Waals surface area contributed by atoms with Crippen molar-refractivity contribution in [1.82, 2.24) is 4.98 Å². The van der Waals surface area contributed by atoms with Gasteiger partial charge in [0.1, 0.15) is 5.75 Å². The predicted octanol–water partition coefficient (Wildman–Crippen LogP) is 4.97. The van der Waals surface area contributed by atoms with Gasteiger partial charge in [0, 0.05) is 18.0 Å². The molecule has 2 aromatic carbocycles. The van der Waals surface area contributed by atoms with Gasteiger partial charge in [-0.3, -0.25) is 9.78 Å². The second-order valence-corrected chi connectivity index (χ2v) is 5.56. The van der Waals surface area contributed by atoms with E-state index in [9.17, 15) is 4.79 Å². The molecule has 24 heavy (non-hydrogen) atoms. The number of aromatic nitrogens is 1. The van der Waals surface area contributed by atoms with Crippen LogP contribution in [0.5, 0.6) is 5.75 Å². The molecule has 0 spiro atoms. The lowest BCUT2D eigenvalue weighted by Crippen LogP contribution is -2.06. The number of pyridine rings is 1. The number of ketones is 1. The number of nitrogens with one attached hydrogen (secondary N) is 1. The molecule has 3 aromatic rings. The smallest absolute Gasteiger partial charge is 0.166 e. The molecule has 0 aliphatic heterocycles. The molecule has 3 rings (SSSR count). The van der Waals surface area contributed by atoms with Crippen LogP contribution in [0.25, 0.3) is 10.9 Å².